The Morgan fingerprint density at radius 1 is 1.00 bits per heavy atom. The van der Waals surface area contributed by atoms with Gasteiger partial charge in [-0.05, 0) is 42.5 Å². The third-order valence-corrected chi connectivity index (χ3v) is 5.10. The monoisotopic (exact) mass is 412 g/mol. The summed E-state index contributed by atoms with van der Waals surface area (Å²) in [7, 11) is 0. The lowest BCUT2D eigenvalue weighted by Gasteiger charge is -2.09. The number of carbonyl (C=O) groups excluding carboxylic acids is 1. The predicted octanol–water partition coefficient (Wildman–Crippen LogP) is 3.84. The molecule has 1 aliphatic rings. The van der Waals surface area contributed by atoms with Gasteiger partial charge in [0.05, 0.1) is 11.4 Å². The molecule has 0 saturated carbocycles. The number of aromatic nitrogens is 3. The molecule has 0 atom stereocenters. The molecule has 1 amide bonds. The molecule has 0 unspecified atom stereocenters. The van der Waals surface area contributed by atoms with Crippen molar-refractivity contribution in [2.45, 2.75) is 6.42 Å². The van der Waals surface area contributed by atoms with Gasteiger partial charge in [-0.15, -0.1) is 0 Å². The fourth-order valence-corrected chi connectivity index (χ4v) is 3.52. The summed E-state index contributed by atoms with van der Waals surface area (Å²) in [4.78, 5) is 17.1. The van der Waals surface area contributed by atoms with Gasteiger partial charge in [0.1, 0.15) is 0 Å². The molecule has 0 spiro atoms. The van der Waals surface area contributed by atoms with E-state index in [1.165, 1.54) is 0 Å². The number of pyridine rings is 1. The Morgan fingerprint density at radius 2 is 1.87 bits per heavy atom. The smallest absolute Gasteiger partial charge is 0.251 e. The fraction of sp³-hybridized carbons (Fsp3) is 0.125. The normalized spacial score (nSPS) is 12.0. The van der Waals surface area contributed by atoms with Crippen molar-refractivity contribution in [1.29, 1.82) is 0 Å². The molecule has 0 fully saturated rings. The van der Waals surface area contributed by atoms with Crippen LogP contribution in [-0.2, 0) is 6.42 Å². The van der Waals surface area contributed by atoms with Gasteiger partial charge in [-0.3, -0.25) is 14.9 Å². The Morgan fingerprint density at radius 3 is 2.77 bits per heavy atom. The van der Waals surface area contributed by atoms with Crippen LogP contribution >= 0.6 is 0 Å². The SMILES string of the molecule is O=C(NCCc1ccccn1)c1ccccc1-c1cc(-c2ccc3c(c2)OCO3)n[nH]1. The van der Waals surface area contributed by atoms with Gasteiger partial charge < -0.3 is 14.8 Å². The highest BCUT2D eigenvalue weighted by Crippen LogP contribution is 2.36. The van der Waals surface area contributed by atoms with Crippen LogP contribution < -0.4 is 14.8 Å². The van der Waals surface area contributed by atoms with Gasteiger partial charge in [0.2, 0.25) is 6.79 Å². The Labute approximate surface area is 179 Å². The highest BCUT2D eigenvalue weighted by atomic mass is 16.7. The van der Waals surface area contributed by atoms with Crippen LogP contribution in [0.1, 0.15) is 16.1 Å². The van der Waals surface area contributed by atoms with E-state index in [9.17, 15) is 4.79 Å². The number of fused-ring (bicyclic) bond motifs is 1. The number of rotatable bonds is 6. The maximum Gasteiger partial charge on any atom is 0.251 e. The Hall–Kier alpha value is -4.13. The summed E-state index contributed by atoms with van der Waals surface area (Å²) in [5.74, 6) is 1.30. The van der Waals surface area contributed by atoms with Crippen molar-refractivity contribution in [1.82, 2.24) is 20.5 Å². The summed E-state index contributed by atoms with van der Waals surface area (Å²) in [5.41, 5.74) is 4.76. The standard InChI is InChI=1S/C24H20N4O3/c29-24(26-12-10-17-5-3-4-11-25-17)19-7-2-1-6-18(19)21-14-20(27-28-21)16-8-9-22-23(13-16)31-15-30-22/h1-9,11,13-14H,10,12,15H2,(H,26,29)(H,27,28). The number of carbonyl (C=O) groups is 1. The first kappa shape index (κ1) is 18.9. The zero-order valence-electron chi connectivity index (χ0n) is 16.7. The van der Waals surface area contributed by atoms with Crippen molar-refractivity contribution in [3.8, 4) is 34.0 Å². The van der Waals surface area contributed by atoms with Crippen molar-refractivity contribution in [2.75, 3.05) is 13.3 Å². The molecule has 2 aromatic carbocycles. The van der Waals surface area contributed by atoms with Gasteiger partial charge in [-0.25, -0.2) is 0 Å². The van der Waals surface area contributed by atoms with Gasteiger partial charge >= 0.3 is 0 Å². The zero-order valence-corrected chi connectivity index (χ0v) is 16.7. The van der Waals surface area contributed by atoms with Crippen LogP contribution in [0, 0.1) is 0 Å². The number of nitrogens with one attached hydrogen (secondary N) is 2. The van der Waals surface area contributed by atoms with E-state index in [-0.39, 0.29) is 12.7 Å². The quantitative estimate of drug-likeness (QED) is 0.502. The second-order valence-electron chi connectivity index (χ2n) is 7.11. The maximum absolute atomic E-state index is 12.8. The molecule has 0 aliphatic carbocycles. The van der Waals surface area contributed by atoms with Gasteiger partial charge in [0.15, 0.2) is 11.5 Å². The lowest BCUT2D eigenvalue weighted by atomic mass is 10.0. The van der Waals surface area contributed by atoms with Crippen molar-refractivity contribution < 1.29 is 14.3 Å². The minimum Gasteiger partial charge on any atom is -0.454 e. The van der Waals surface area contributed by atoms with E-state index in [1.54, 1.807) is 6.20 Å². The first-order valence-corrected chi connectivity index (χ1v) is 10.0. The fourth-order valence-electron chi connectivity index (χ4n) is 3.52. The van der Waals surface area contributed by atoms with E-state index < -0.39 is 0 Å². The predicted molar refractivity (Wildman–Crippen MR) is 116 cm³/mol. The first-order valence-electron chi connectivity index (χ1n) is 10.0. The lowest BCUT2D eigenvalue weighted by molar-refractivity contribution is 0.0954. The van der Waals surface area contributed by atoms with Crippen molar-refractivity contribution in [3.05, 3.63) is 84.2 Å². The third kappa shape index (κ3) is 3.98. The highest BCUT2D eigenvalue weighted by Gasteiger charge is 2.17. The number of hydrogen-bond donors (Lipinski definition) is 2. The van der Waals surface area contributed by atoms with Crippen LogP contribution in [0.3, 0.4) is 0 Å². The molecule has 2 N–H and O–H groups in total. The second kappa shape index (κ2) is 8.31. The van der Waals surface area contributed by atoms with Gasteiger partial charge in [0.25, 0.3) is 5.91 Å². The molecule has 154 valence electrons. The molecule has 31 heavy (non-hydrogen) atoms. The van der Waals surface area contributed by atoms with Crippen molar-refractivity contribution in [3.63, 3.8) is 0 Å². The third-order valence-electron chi connectivity index (χ3n) is 5.10. The molecule has 7 heteroatoms. The number of H-pyrrole nitrogens is 1. The molecule has 0 saturated heterocycles. The summed E-state index contributed by atoms with van der Waals surface area (Å²) in [6.07, 6.45) is 2.43. The molecular formula is C24H20N4O3. The summed E-state index contributed by atoms with van der Waals surface area (Å²) >= 11 is 0. The van der Waals surface area contributed by atoms with Crippen LogP contribution in [-0.4, -0.2) is 34.4 Å². The molecular weight excluding hydrogens is 392 g/mol. The lowest BCUT2D eigenvalue weighted by Crippen LogP contribution is -2.26. The molecule has 5 rings (SSSR count). The largest absolute Gasteiger partial charge is 0.454 e. The van der Waals surface area contributed by atoms with E-state index in [0.717, 1.165) is 34.0 Å². The number of nitrogens with zero attached hydrogens (tertiary/aromatic N) is 2. The van der Waals surface area contributed by atoms with Crippen molar-refractivity contribution >= 4 is 5.91 Å². The Balaban J connectivity index is 1.34. The van der Waals surface area contributed by atoms with Gasteiger partial charge in [-0.1, -0.05) is 24.3 Å². The van der Waals surface area contributed by atoms with Crippen LogP contribution in [0.5, 0.6) is 11.5 Å². The van der Waals surface area contributed by atoms with E-state index in [2.05, 4.69) is 20.5 Å². The van der Waals surface area contributed by atoms with E-state index in [4.69, 9.17) is 9.47 Å². The number of benzene rings is 2. The Kier molecular flexibility index (Phi) is 5.06. The van der Waals surface area contributed by atoms with E-state index >= 15 is 0 Å². The summed E-state index contributed by atoms with van der Waals surface area (Å²) < 4.78 is 10.8. The van der Waals surface area contributed by atoms with Gasteiger partial charge in [0, 0.05) is 41.5 Å². The molecule has 2 aromatic heterocycles. The molecule has 0 bridgehead atoms. The first-order chi connectivity index (χ1) is 15.3. The zero-order chi connectivity index (χ0) is 21.0. The minimum atomic E-state index is -0.134. The average molecular weight is 412 g/mol. The number of hydrogen-bond acceptors (Lipinski definition) is 5. The molecule has 4 aromatic rings. The summed E-state index contributed by atoms with van der Waals surface area (Å²) in [6.45, 7) is 0.739. The van der Waals surface area contributed by atoms with E-state index in [1.807, 2.05) is 66.7 Å². The number of amides is 1. The second-order valence-corrected chi connectivity index (χ2v) is 7.11. The summed E-state index contributed by atoms with van der Waals surface area (Å²) in [6, 6.07) is 20.9. The minimum absolute atomic E-state index is 0.134. The van der Waals surface area contributed by atoms with E-state index in [0.29, 0.717) is 24.3 Å². The average Bonchev–Trinajstić information content (AvgIpc) is 3.49. The Bertz CT molecular complexity index is 1220. The molecule has 0 radical (unpaired) electrons. The van der Waals surface area contributed by atoms with Crippen LogP contribution in [0.15, 0.2) is 72.9 Å². The molecule has 3 heterocycles. The van der Waals surface area contributed by atoms with Gasteiger partial charge in [-0.2, -0.15) is 5.10 Å². The summed E-state index contributed by atoms with van der Waals surface area (Å²) in [5, 5.41) is 10.5. The molecule has 7 nitrogen and oxygen atoms in total. The van der Waals surface area contributed by atoms with Crippen LogP contribution in [0.4, 0.5) is 0 Å². The molecule has 1 aliphatic heterocycles. The number of ether oxygens (including phenoxy) is 2. The highest BCUT2D eigenvalue weighted by molar-refractivity contribution is 6.00. The number of aromatic amines is 1. The maximum atomic E-state index is 12.8. The van der Waals surface area contributed by atoms with Crippen LogP contribution in [0.25, 0.3) is 22.5 Å². The van der Waals surface area contributed by atoms with Crippen LogP contribution in [0.2, 0.25) is 0 Å². The topological polar surface area (TPSA) is 89.1 Å². The van der Waals surface area contributed by atoms with Crippen molar-refractivity contribution in [2.24, 2.45) is 0 Å².